The van der Waals surface area contributed by atoms with E-state index in [-0.39, 0.29) is 5.56 Å². The minimum Gasteiger partial charge on any atom is -0.348 e. The van der Waals surface area contributed by atoms with E-state index in [2.05, 4.69) is 33.8 Å². The minimum atomic E-state index is -0.0404. The van der Waals surface area contributed by atoms with E-state index in [0.717, 1.165) is 48.0 Å². The van der Waals surface area contributed by atoms with Crippen LogP contribution in [-0.2, 0) is 6.54 Å². The van der Waals surface area contributed by atoms with E-state index in [1.54, 1.807) is 40.5 Å². The lowest BCUT2D eigenvalue weighted by Gasteiger charge is -2.31. The Morgan fingerprint density at radius 2 is 1.85 bits per heavy atom. The van der Waals surface area contributed by atoms with Gasteiger partial charge in [-0.15, -0.1) is 11.3 Å². The summed E-state index contributed by atoms with van der Waals surface area (Å²) in [5.74, 6) is 0.460. The second-order valence-electron chi connectivity index (χ2n) is 7.04. The number of pyridine rings is 1. The van der Waals surface area contributed by atoms with E-state index in [9.17, 15) is 4.79 Å². The van der Waals surface area contributed by atoms with Gasteiger partial charge >= 0.3 is 0 Å². The van der Waals surface area contributed by atoms with Crippen LogP contribution in [0.25, 0.3) is 11.3 Å². The summed E-state index contributed by atoms with van der Waals surface area (Å²) in [5, 5.41) is 5.70. The Hall–Kier alpha value is -2.54. The summed E-state index contributed by atoms with van der Waals surface area (Å²) < 4.78 is 1.62. The fraction of sp³-hybridized carbons (Fsp3) is 0.400. The van der Waals surface area contributed by atoms with E-state index >= 15 is 0 Å². The number of thiazole rings is 1. The van der Waals surface area contributed by atoms with E-state index in [0.29, 0.717) is 12.5 Å². The van der Waals surface area contributed by atoms with Gasteiger partial charge in [-0.1, -0.05) is 0 Å². The van der Waals surface area contributed by atoms with Gasteiger partial charge in [-0.05, 0) is 50.8 Å². The Bertz CT molecular complexity index is 954. The highest BCUT2D eigenvalue weighted by atomic mass is 32.1. The Labute approximate surface area is 162 Å². The number of hydrogen-bond acceptors (Lipinski definition) is 6. The fourth-order valence-corrected chi connectivity index (χ4v) is 4.36. The van der Waals surface area contributed by atoms with Gasteiger partial charge in [-0.25, -0.2) is 9.67 Å². The van der Waals surface area contributed by atoms with Crippen LogP contribution in [0.3, 0.4) is 0 Å². The van der Waals surface area contributed by atoms with Gasteiger partial charge in [-0.2, -0.15) is 5.10 Å². The van der Waals surface area contributed by atoms with Gasteiger partial charge in [0.1, 0.15) is 0 Å². The summed E-state index contributed by atoms with van der Waals surface area (Å²) in [6.07, 6.45) is 5.57. The van der Waals surface area contributed by atoms with Crippen molar-refractivity contribution >= 4 is 16.5 Å². The highest BCUT2D eigenvalue weighted by molar-refractivity contribution is 7.15. The predicted molar refractivity (Wildman–Crippen MR) is 108 cm³/mol. The summed E-state index contributed by atoms with van der Waals surface area (Å²) in [7, 11) is 0. The number of piperidine rings is 1. The molecule has 27 heavy (non-hydrogen) atoms. The van der Waals surface area contributed by atoms with Crippen molar-refractivity contribution in [2.45, 2.75) is 33.2 Å². The number of rotatable bonds is 4. The van der Waals surface area contributed by atoms with Crippen LogP contribution in [0.5, 0.6) is 0 Å². The zero-order valence-electron chi connectivity index (χ0n) is 15.6. The predicted octanol–water partition coefficient (Wildman–Crippen LogP) is 3.30. The van der Waals surface area contributed by atoms with Gasteiger partial charge in [0.15, 0.2) is 5.13 Å². The van der Waals surface area contributed by atoms with Crippen molar-refractivity contribution < 1.29 is 0 Å². The summed E-state index contributed by atoms with van der Waals surface area (Å²) in [6, 6.07) is 7.21. The van der Waals surface area contributed by atoms with Crippen molar-refractivity contribution in [2.24, 2.45) is 5.92 Å². The zero-order chi connectivity index (χ0) is 18.8. The van der Waals surface area contributed by atoms with Crippen molar-refractivity contribution in [3.8, 4) is 11.3 Å². The maximum Gasteiger partial charge on any atom is 0.266 e. The maximum atomic E-state index is 12.3. The molecular weight excluding hydrogens is 358 g/mol. The molecule has 6 nitrogen and oxygen atoms in total. The lowest BCUT2D eigenvalue weighted by Crippen LogP contribution is -2.36. The molecule has 0 aromatic carbocycles. The maximum absolute atomic E-state index is 12.3. The molecule has 1 saturated heterocycles. The minimum absolute atomic E-state index is 0.0404. The summed E-state index contributed by atoms with van der Waals surface area (Å²) in [4.78, 5) is 24.6. The van der Waals surface area contributed by atoms with Gasteiger partial charge in [0, 0.05) is 48.5 Å². The Kier molecular flexibility index (Phi) is 5.03. The van der Waals surface area contributed by atoms with Crippen LogP contribution in [0.4, 0.5) is 5.13 Å². The molecular formula is C20H23N5OS. The van der Waals surface area contributed by atoms with Crippen LogP contribution in [-0.4, -0.2) is 32.8 Å². The van der Waals surface area contributed by atoms with Crippen molar-refractivity contribution in [1.29, 1.82) is 0 Å². The molecule has 7 heteroatoms. The molecule has 140 valence electrons. The molecule has 0 spiro atoms. The van der Waals surface area contributed by atoms with Crippen molar-refractivity contribution in [1.82, 2.24) is 19.7 Å². The Balaban J connectivity index is 1.44. The van der Waals surface area contributed by atoms with Crippen LogP contribution in [0.2, 0.25) is 0 Å². The van der Waals surface area contributed by atoms with E-state index in [1.165, 1.54) is 4.88 Å². The molecule has 0 aliphatic carbocycles. The molecule has 0 saturated carbocycles. The quantitative estimate of drug-likeness (QED) is 0.694. The lowest BCUT2D eigenvalue weighted by molar-refractivity contribution is 0.335. The third kappa shape index (κ3) is 3.93. The number of aryl methyl sites for hydroxylation is 2. The Morgan fingerprint density at radius 3 is 2.52 bits per heavy atom. The number of aromatic nitrogens is 4. The zero-order valence-corrected chi connectivity index (χ0v) is 16.4. The fourth-order valence-electron chi connectivity index (χ4n) is 3.40. The number of nitrogens with zero attached hydrogens (tertiary/aromatic N) is 5. The highest BCUT2D eigenvalue weighted by Crippen LogP contribution is 2.29. The molecule has 0 bridgehead atoms. The molecule has 0 amide bonds. The number of anilines is 1. The topological polar surface area (TPSA) is 63.9 Å². The van der Waals surface area contributed by atoms with E-state index < -0.39 is 0 Å². The van der Waals surface area contributed by atoms with Gasteiger partial charge in [0.05, 0.1) is 11.4 Å². The normalized spacial score (nSPS) is 15.3. The van der Waals surface area contributed by atoms with Crippen molar-refractivity contribution in [3.05, 3.63) is 57.6 Å². The smallest absolute Gasteiger partial charge is 0.266 e. The molecule has 3 aromatic heterocycles. The average Bonchev–Trinajstić information content (AvgIpc) is 3.03. The van der Waals surface area contributed by atoms with Crippen molar-refractivity contribution in [3.63, 3.8) is 0 Å². The van der Waals surface area contributed by atoms with E-state index in [4.69, 9.17) is 0 Å². The standard InChI is InChI=1S/C20H23N5OS/c1-14-15(2)27-20(22-14)24-11-7-16(8-12-24)13-25-19(26)4-3-18(23-25)17-5-9-21-10-6-17/h3-6,9-10,16H,7-8,11-13H2,1-2H3. The first-order chi connectivity index (χ1) is 13.1. The first-order valence-electron chi connectivity index (χ1n) is 9.27. The molecule has 4 heterocycles. The van der Waals surface area contributed by atoms with Crippen molar-refractivity contribution in [2.75, 3.05) is 18.0 Å². The molecule has 0 unspecified atom stereocenters. The monoisotopic (exact) mass is 381 g/mol. The van der Waals surface area contributed by atoms with Crippen LogP contribution >= 0.6 is 11.3 Å². The van der Waals surface area contributed by atoms with Gasteiger partial charge in [-0.3, -0.25) is 9.78 Å². The third-order valence-corrected chi connectivity index (χ3v) is 6.31. The van der Waals surface area contributed by atoms with Gasteiger partial charge in [0.25, 0.3) is 5.56 Å². The largest absolute Gasteiger partial charge is 0.348 e. The van der Waals surface area contributed by atoms with Gasteiger partial charge in [0.2, 0.25) is 0 Å². The second kappa shape index (κ2) is 7.60. The molecule has 3 aromatic rings. The molecule has 0 atom stereocenters. The molecule has 4 rings (SSSR count). The first kappa shape index (κ1) is 17.9. The van der Waals surface area contributed by atoms with Crippen LogP contribution in [0.15, 0.2) is 41.5 Å². The third-order valence-electron chi connectivity index (χ3n) is 5.18. The average molecular weight is 382 g/mol. The number of hydrogen-bond donors (Lipinski definition) is 0. The highest BCUT2D eigenvalue weighted by Gasteiger charge is 2.22. The Morgan fingerprint density at radius 1 is 1.11 bits per heavy atom. The second-order valence-corrected chi connectivity index (χ2v) is 8.22. The summed E-state index contributed by atoms with van der Waals surface area (Å²) in [5.41, 5.74) is 2.87. The molecule has 0 radical (unpaired) electrons. The molecule has 1 fully saturated rings. The molecule has 0 N–H and O–H groups in total. The van der Waals surface area contributed by atoms with Gasteiger partial charge < -0.3 is 4.90 Å². The van der Waals surface area contributed by atoms with E-state index in [1.807, 2.05) is 12.1 Å². The molecule has 1 aliphatic rings. The lowest BCUT2D eigenvalue weighted by atomic mass is 9.97. The SMILES string of the molecule is Cc1nc(N2CCC(Cn3nc(-c4ccncc4)ccc3=O)CC2)sc1C. The van der Waals surface area contributed by atoms with Crippen LogP contribution in [0, 0.1) is 19.8 Å². The first-order valence-corrected chi connectivity index (χ1v) is 10.1. The van der Waals surface area contributed by atoms with Crippen LogP contribution in [0.1, 0.15) is 23.4 Å². The summed E-state index contributed by atoms with van der Waals surface area (Å²) in [6.45, 7) is 6.82. The molecule has 1 aliphatic heterocycles. The summed E-state index contributed by atoms with van der Waals surface area (Å²) >= 11 is 1.77. The van der Waals surface area contributed by atoms with Crippen LogP contribution < -0.4 is 10.5 Å².